The summed E-state index contributed by atoms with van der Waals surface area (Å²) in [5.41, 5.74) is 5.57. The van der Waals surface area contributed by atoms with Gasteiger partial charge in [-0.15, -0.1) is 0 Å². The van der Waals surface area contributed by atoms with Gasteiger partial charge in [-0.2, -0.15) is 0 Å². The van der Waals surface area contributed by atoms with E-state index in [1.807, 2.05) is 13.8 Å². The molecule has 0 bridgehead atoms. The molecule has 1 heterocycles. The molecular formula is C21H31F3N4O. The van der Waals surface area contributed by atoms with E-state index >= 15 is 0 Å². The fourth-order valence-corrected chi connectivity index (χ4v) is 2.77. The number of amides is 1. The van der Waals surface area contributed by atoms with Crippen LogP contribution in [-0.4, -0.2) is 21.5 Å². The van der Waals surface area contributed by atoms with E-state index in [9.17, 15) is 18.0 Å². The Kier molecular flexibility index (Phi) is 9.88. The van der Waals surface area contributed by atoms with E-state index in [1.165, 1.54) is 44.3 Å². The van der Waals surface area contributed by atoms with Crippen molar-refractivity contribution in [3.8, 4) is 0 Å². The highest BCUT2D eigenvalue weighted by Gasteiger charge is 2.25. The van der Waals surface area contributed by atoms with Crippen LogP contribution in [0.4, 0.5) is 13.2 Å². The second-order valence-corrected chi connectivity index (χ2v) is 6.89. The van der Waals surface area contributed by atoms with E-state index in [2.05, 4.69) is 10.3 Å². The van der Waals surface area contributed by atoms with E-state index in [0.29, 0.717) is 13.0 Å². The van der Waals surface area contributed by atoms with Crippen molar-refractivity contribution in [2.24, 2.45) is 12.8 Å². The van der Waals surface area contributed by atoms with Crippen molar-refractivity contribution in [3.05, 3.63) is 53.4 Å². The van der Waals surface area contributed by atoms with E-state index < -0.39 is 23.2 Å². The summed E-state index contributed by atoms with van der Waals surface area (Å²) < 4.78 is 41.4. The molecule has 1 aliphatic carbocycles. The van der Waals surface area contributed by atoms with E-state index in [4.69, 9.17) is 5.73 Å². The average Bonchev–Trinajstić information content (AvgIpc) is 3.32. The molecule has 0 radical (unpaired) electrons. The zero-order valence-corrected chi connectivity index (χ0v) is 17.5. The lowest BCUT2D eigenvalue weighted by Gasteiger charge is -2.12. The molecule has 5 nitrogen and oxygen atoms in total. The minimum Gasteiger partial charge on any atom is -0.347 e. The number of halogens is 3. The maximum atomic E-state index is 13.3. The van der Waals surface area contributed by atoms with Crippen LogP contribution < -0.4 is 11.1 Å². The number of rotatable bonds is 4. The Balaban J connectivity index is 0.000000442. The molecule has 0 saturated heterocycles. The van der Waals surface area contributed by atoms with Gasteiger partial charge in [-0.1, -0.05) is 26.7 Å². The first-order valence-corrected chi connectivity index (χ1v) is 9.84. The van der Waals surface area contributed by atoms with Crippen molar-refractivity contribution >= 4 is 5.91 Å². The van der Waals surface area contributed by atoms with Gasteiger partial charge in [0.15, 0.2) is 0 Å². The van der Waals surface area contributed by atoms with Crippen molar-refractivity contribution in [1.82, 2.24) is 14.9 Å². The van der Waals surface area contributed by atoms with Crippen molar-refractivity contribution in [1.29, 1.82) is 0 Å². The summed E-state index contributed by atoms with van der Waals surface area (Å²) in [5, 5.41) is 2.51. The van der Waals surface area contributed by atoms with Gasteiger partial charge < -0.3 is 15.6 Å². The summed E-state index contributed by atoms with van der Waals surface area (Å²) in [6.45, 7) is 4.63. The normalized spacial score (nSPS) is 13.8. The molecule has 1 aliphatic rings. The fourth-order valence-electron chi connectivity index (χ4n) is 2.77. The standard InChI is InChI=1S/C14H14F3N3O.C5H11N.C2H6/c1-14(16,17)10-3-9(4-11(15)5-10)6-18-13(21)12-7-20(2)8-19-12;6-5-3-1-2-4-5;1-2/h3-5,7-8H,6H2,1-2H3,(H,18,21);5H,1-4,6H2;1-2H3. The Hall–Kier alpha value is -2.35. The summed E-state index contributed by atoms with van der Waals surface area (Å²) in [6, 6.07) is 3.60. The summed E-state index contributed by atoms with van der Waals surface area (Å²) in [4.78, 5) is 15.6. The first kappa shape index (κ1) is 24.7. The predicted octanol–water partition coefficient (Wildman–Crippen LogP) is 4.51. The monoisotopic (exact) mass is 412 g/mol. The van der Waals surface area contributed by atoms with Gasteiger partial charge in [0.25, 0.3) is 11.8 Å². The maximum absolute atomic E-state index is 13.3. The number of imidazole rings is 1. The third-order valence-electron chi connectivity index (χ3n) is 4.25. The third-order valence-corrected chi connectivity index (χ3v) is 4.25. The van der Waals surface area contributed by atoms with Crippen LogP contribution in [0.3, 0.4) is 0 Å². The van der Waals surface area contributed by atoms with Crippen molar-refractivity contribution in [3.63, 3.8) is 0 Å². The number of aromatic nitrogens is 2. The zero-order chi connectivity index (χ0) is 22.0. The third kappa shape index (κ3) is 8.68. The number of nitrogens with zero attached hydrogens (tertiary/aromatic N) is 2. The summed E-state index contributed by atoms with van der Waals surface area (Å²) in [6.07, 6.45) is 8.24. The molecule has 8 heteroatoms. The number of nitrogens with one attached hydrogen (secondary N) is 1. The lowest BCUT2D eigenvalue weighted by molar-refractivity contribution is 0.0170. The number of hydrogen-bond acceptors (Lipinski definition) is 3. The van der Waals surface area contributed by atoms with Crippen LogP contribution >= 0.6 is 0 Å². The van der Waals surface area contributed by atoms with Crippen LogP contribution in [0.15, 0.2) is 30.7 Å². The van der Waals surface area contributed by atoms with Crippen LogP contribution in [-0.2, 0) is 19.5 Å². The fraction of sp³-hybridized carbons (Fsp3) is 0.524. The first-order valence-electron chi connectivity index (χ1n) is 9.84. The smallest absolute Gasteiger partial charge is 0.271 e. The Bertz CT molecular complexity index is 766. The second kappa shape index (κ2) is 11.6. The topological polar surface area (TPSA) is 72.9 Å². The molecule has 0 aliphatic heterocycles. The quantitative estimate of drug-likeness (QED) is 0.776. The van der Waals surface area contributed by atoms with Gasteiger partial charge in [0, 0.05) is 38.3 Å². The summed E-state index contributed by atoms with van der Waals surface area (Å²) in [7, 11) is 1.71. The predicted molar refractivity (Wildman–Crippen MR) is 108 cm³/mol. The number of nitrogens with two attached hydrogens (primary N) is 1. The number of benzene rings is 1. The Labute approximate surface area is 170 Å². The van der Waals surface area contributed by atoms with Gasteiger partial charge in [0.05, 0.1) is 6.33 Å². The molecule has 1 amide bonds. The zero-order valence-electron chi connectivity index (χ0n) is 17.5. The van der Waals surface area contributed by atoms with Crippen molar-refractivity contribution < 1.29 is 18.0 Å². The molecule has 3 N–H and O–H groups in total. The number of hydrogen-bond donors (Lipinski definition) is 2. The minimum absolute atomic E-state index is 0.0593. The van der Waals surface area contributed by atoms with Gasteiger partial charge in [-0.3, -0.25) is 4.79 Å². The second-order valence-electron chi connectivity index (χ2n) is 6.89. The lowest BCUT2D eigenvalue weighted by Crippen LogP contribution is -2.23. The van der Waals surface area contributed by atoms with Crippen LogP contribution in [0.5, 0.6) is 0 Å². The highest BCUT2D eigenvalue weighted by molar-refractivity contribution is 5.91. The molecule has 3 rings (SSSR count). The molecule has 0 unspecified atom stereocenters. The van der Waals surface area contributed by atoms with Gasteiger partial charge in [-0.05, 0) is 36.6 Å². The minimum atomic E-state index is -3.14. The Morgan fingerprint density at radius 3 is 2.34 bits per heavy atom. The number of carbonyl (C=O) groups is 1. The maximum Gasteiger partial charge on any atom is 0.271 e. The summed E-state index contributed by atoms with van der Waals surface area (Å²) >= 11 is 0. The van der Waals surface area contributed by atoms with Gasteiger partial charge in [0.1, 0.15) is 11.5 Å². The van der Waals surface area contributed by atoms with Crippen LogP contribution in [0, 0.1) is 5.82 Å². The lowest BCUT2D eigenvalue weighted by atomic mass is 10.1. The molecule has 1 aromatic carbocycles. The molecule has 2 aromatic rings. The molecule has 0 spiro atoms. The Morgan fingerprint density at radius 2 is 1.90 bits per heavy atom. The first-order chi connectivity index (χ1) is 13.6. The van der Waals surface area contributed by atoms with Crippen molar-refractivity contribution in [2.45, 2.75) is 65.0 Å². The van der Waals surface area contributed by atoms with Crippen LogP contribution in [0.25, 0.3) is 0 Å². The highest BCUT2D eigenvalue weighted by Crippen LogP contribution is 2.28. The van der Waals surface area contributed by atoms with E-state index in [-0.39, 0.29) is 17.8 Å². The molecule has 1 aromatic heterocycles. The number of carbonyl (C=O) groups excluding carboxylic acids is 1. The number of aryl methyl sites for hydroxylation is 1. The Morgan fingerprint density at radius 1 is 1.28 bits per heavy atom. The van der Waals surface area contributed by atoms with E-state index in [0.717, 1.165) is 12.1 Å². The molecule has 162 valence electrons. The number of alkyl halides is 2. The van der Waals surface area contributed by atoms with Crippen LogP contribution in [0.2, 0.25) is 0 Å². The highest BCUT2D eigenvalue weighted by atomic mass is 19.3. The van der Waals surface area contributed by atoms with E-state index in [1.54, 1.807) is 11.6 Å². The molecular weight excluding hydrogens is 381 g/mol. The van der Waals surface area contributed by atoms with Gasteiger partial charge >= 0.3 is 0 Å². The van der Waals surface area contributed by atoms with Gasteiger partial charge in [0.2, 0.25) is 0 Å². The largest absolute Gasteiger partial charge is 0.347 e. The molecule has 1 saturated carbocycles. The van der Waals surface area contributed by atoms with Crippen LogP contribution in [0.1, 0.15) is 68.1 Å². The SMILES string of the molecule is CC.Cn1cnc(C(=O)NCc2cc(F)cc(C(C)(F)F)c2)c1.NC1CCCC1. The van der Waals surface area contributed by atoms with Crippen molar-refractivity contribution in [2.75, 3.05) is 0 Å². The average molecular weight is 413 g/mol. The molecule has 1 fully saturated rings. The summed E-state index contributed by atoms with van der Waals surface area (Å²) in [5.74, 6) is -4.36. The molecule has 0 atom stereocenters. The van der Waals surface area contributed by atoms with Gasteiger partial charge in [-0.25, -0.2) is 18.2 Å². The molecule has 29 heavy (non-hydrogen) atoms.